The predicted octanol–water partition coefficient (Wildman–Crippen LogP) is 0.355. The van der Waals surface area contributed by atoms with Crippen LogP contribution in [0.25, 0.3) is 0 Å². The second-order valence-corrected chi connectivity index (χ2v) is 3.71. The van der Waals surface area contributed by atoms with Gasteiger partial charge in [-0.25, -0.2) is 0 Å². The average Bonchev–Trinajstić information content (AvgIpc) is 2.34. The summed E-state index contributed by atoms with van der Waals surface area (Å²) in [6, 6.07) is 6.59. The summed E-state index contributed by atoms with van der Waals surface area (Å²) in [5.74, 6) is -0.377. The summed E-state index contributed by atoms with van der Waals surface area (Å²) in [4.78, 5) is 10.8. The van der Waals surface area contributed by atoms with Crippen LogP contribution in [-0.2, 0) is 4.79 Å². The van der Waals surface area contributed by atoms with Gasteiger partial charge >= 0.3 is 0 Å². The molecule has 5 heteroatoms. The highest BCUT2D eigenvalue weighted by molar-refractivity contribution is 5.79. The van der Waals surface area contributed by atoms with Gasteiger partial charge in [0.15, 0.2) is 6.10 Å². The summed E-state index contributed by atoms with van der Waals surface area (Å²) in [5, 5.41) is 19.1. The van der Waals surface area contributed by atoms with Gasteiger partial charge in [-0.15, -0.1) is 0 Å². The predicted molar refractivity (Wildman–Crippen MR) is 62.4 cm³/mol. The molecule has 0 aliphatic rings. The number of hydrogen-bond acceptors (Lipinski definition) is 4. The van der Waals surface area contributed by atoms with Crippen LogP contribution in [0.5, 0.6) is 5.75 Å². The largest absolute Gasteiger partial charge is 0.494 e. The van der Waals surface area contributed by atoms with Gasteiger partial charge in [-0.2, -0.15) is 0 Å². The van der Waals surface area contributed by atoms with E-state index in [9.17, 15) is 15.0 Å². The minimum Gasteiger partial charge on any atom is -0.494 e. The van der Waals surface area contributed by atoms with E-state index in [2.05, 4.69) is 0 Å². The third-order valence-electron chi connectivity index (χ3n) is 2.26. The maximum absolute atomic E-state index is 10.8. The highest BCUT2D eigenvalue weighted by Crippen LogP contribution is 2.21. The Kier molecular flexibility index (Phi) is 4.93. The molecule has 94 valence electrons. The standard InChI is InChI=1S/C12H17NO4/c1-2-6-17-9-5-3-4-8(7-9)10(14)11(15)12(13)16/h3-5,7,10-11,14-15H,2,6H2,1H3,(H2,13,16). The number of carbonyl (C=O) groups excluding carboxylic acids is 1. The number of hydrogen-bond donors (Lipinski definition) is 3. The summed E-state index contributed by atoms with van der Waals surface area (Å²) in [6.45, 7) is 2.55. The van der Waals surface area contributed by atoms with Crippen molar-refractivity contribution in [3.63, 3.8) is 0 Å². The smallest absolute Gasteiger partial charge is 0.249 e. The highest BCUT2D eigenvalue weighted by atomic mass is 16.5. The molecule has 0 saturated carbocycles. The van der Waals surface area contributed by atoms with E-state index >= 15 is 0 Å². The van der Waals surface area contributed by atoms with Crippen molar-refractivity contribution in [3.05, 3.63) is 29.8 Å². The van der Waals surface area contributed by atoms with Gasteiger partial charge in [-0.05, 0) is 24.1 Å². The van der Waals surface area contributed by atoms with Crippen molar-refractivity contribution in [2.45, 2.75) is 25.6 Å². The molecule has 0 fully saturated rings. The van der Waals surface area contributed by atoms with Crippen molar-refractivity contribution in [1.29, 1.82) is 0 Å². The summed E-state index contributed by atoms with van der Waals surface area (Å²) in [7, 11) is 0. The Balaban J connectivity index is 2.80. The normalized spacial score (nSPS) is 14.1. The number of rotatable bonds is 6. The van der Waals surface area contributed by atoms with E-state index in [1.54, 1.807) is 24.3 Å². The molecule has 1 aromatic rings. The number of carbonyl (C=O) groups is 1. The fourth-order valence-corrected chi connectivity index (χ4v) is 1.35. The van der Waals surface area contributed by atoms with Crippen LogP contribution >= 0.6 is 0 Å². The quantitative estimate of drug-likeness (QED) is 0.668. The van der Waals surface area contributed by atoms with Gasteiger partial charge < -0.3 is 20.7 Å². The first-order valence-electron chi connectivity index (χ1n) is 5.44. The molecule has 0 aromatic heterocycles. The number of ether oxygens (including phenoxy) is 1. The molecule has 1 rings (SSSR count). The van der Waals surface area contributed by atoms with Gasteiger partial charge in [0.05, 0.1) is 6.61 Å². The molecule has 0 spiro atoms. The van der Waals surface area contributed by atoms with E-state index in [1.165, 1.54) is 0 Å². The van der Waals surface area contributed by atoms with Gasteiger partial charge in [0.25, 0.3) is 0 Å². The zero-order valence-electron chi connectivity index (χ0n) is 9.67. The van der Waals surface area contributed by atoms with E-state index in [1.807, 2.05) is 6.92 Å². The van der Waals surface area contributed by atoms with E-state index in [-0.39, 0.29) is 0 Å². The third kappa shape index (κ3) is 3.72. The molecule has 0 aliphatic heterocycles. The van der Waals surface area contributed by atoms with Crippen molar-refractivity contribution in [2.24, 2.45) is 5.73 Å². The van der Waals surface area contributed by atoms with E-state index in [0.717, 1.165) is 6.42 Å². The minimum absolute atomic E-state index is 0.393. The first-order valence-corrected chi connectivity index (χ1v) is 5.44. The van der Waals surface area contributed by atoms with Crippen molar-refractivity contribution >= 4 is 5.91 Å². The van der Waals surface area contributed by atoms with Crippen LogP contribution < -0.4 is 10.5 Å². The molecular formula is C12H17NO4. The molecule has 2 unspecified atom stereocenters. The van der Waals surface area contributed by atoms with E-state index < -0.39 is 18.1 Å². The second-order valence-electron chi connectivity index (χ2n) is 3.71. The number of aliphatic hydroxyl groups is 2. The molecule has 0 bridgehead atoms. The number of primary amides is 1. The topological polar surface area (TPSA) is 92.8 Å². The number of aliphatic hydroxyl groups excluding tert-OH is 2. The molecule has 1 amide bonds. The monoisotopic (exact) mass is 239 g/mol. The molecule has 1 aromatic carbocycles. The molecule has 0 saturated heterocycles. The van der Waals surface area contributed by atoms with Crippen LogP contribution in [0.2, 0.25) is 0 Å². The van der Waals surface area contributed by atoms with Gasteiger partial charge in [-0.1, -0.05) is 19.1 Å². The van der Waals surface area contributed by atoms with E-state index in [0.29, 0.717) is 17.9 Å². The van der Waals surface area contributed by atoms with Crippen LogP contribution in [0.3, 0.4) is 0 Å². The zero-order chi connectivity index (χ0) is 12.8. The number of nitrogens with two attached hydrogens (primary N) is 1. The van der Waals surface area contributed by atoms with Crippen molar-refractivity contribution in [3.8, 4) is 5.75 Å². The molecule has 4 N–H and O–H groups in total. The maximum atomic E-state index is 10.8. The molecule has 0 aliphatic carbocycles. The Morgan fingerprint density at radius 1 is 1.47 bits per heavy atom. The van der Waals surface area contributed by atoms with Crippen molar-refractivity contribution < 1.29 is 19.7 Å². The van der Waals surface area contributed by atoms with Gasteiger partial charge in [-0.3, -0.25) is 4.79 Å². The lowest BCUT2D eigenvalue weighted by atomic mass is 10.0. The molecule has 5 nitrogen and oxygen atoms in total. The molecule has 2 atom stereocenters. The fourth-order valence-electron chi connectivity index (χ4n) is 1.35. The third-order valence-corrected chi connectivity index (χ3v) is 2.26. The number of benzene rings is 1. The van der Waals surface area contributed by atoms with Crippen LogP contribution in [0.1, 0.15) is 25.0 Å². The summed E-state index contributed by atoms with van der Waals surface area (Å²) in [6.07, 6.45) is -2.08. The SMILES string of the molecule is CCCOc1cccc(C(O)C(O)C(N)=O)c1. The van der Waals surface area contributed by atoms with Crippen LogP contribution in [0.4, 0.5) is 0 Å². The first-order chi connectivity index (χ1) is 8.06. The fraction of sp³-hybridized carbons (Fsp3) is 0.417. The Morgan fingerprint density at radius 3 is 2.76 bits per heavy atom. The Labute approximate surface area is 99.8 Å². The van der Waals surface area contributed by atoms with Crippen LogP contribution in [0, 0.1) is 0 Å². The lowest BCUT2D eigenvalue weighted by Crippen LogP contribution is -2.33. The molecule has 17 heavy (non-hydrogen) atoms. The first kappa shape index (κ1) is 13.5. The highest BCUT2D eigenvalue weighted by Gasteiger charge is 2.23. The number of amides is 1. The van der Waals surface area contributed by atoms with Gasteiger partial charge in [0, 0.05) is 0 Å². The second kappa shape index (κ2) is 6.22. The minimum atomic E-state index is -1.61. The summed E-state index contributed by atoms with van der Waals surface area (Å²) in [5.41, 5.74) is 5.31. The Bertz CT molecular complexity index is 381. The molecule has 0 radical (unpaired) electrons. The van der Waals surface area contributed by atoms with Crippen molar-refractivity contribution in [2.75, 3.05) is 6.61 Å². The maximum Gasteiger partial charge on any atom is 0.249 e. The van der Waals surface area contributed by atoms with Crippen LogP contribution in [0.15, 0.2) is 24.3 Å². The van der Waals surface area contributed by atoms with Crippen LogP contribution in [-0.4, -0.2) is 28.8 Å². The Hall–Kier alpha value is -1.59. The lowest BCUT2D eigenvalue weighted by Gasteiger charge is -2.16. The molecule has 0 heterocycles. The summed E-state index contributed by atoms with van der Waals surface area (Å²) < 4.78 is 5.38. The van der Waals surface area contributed by atoms with Crippen molar-refractivity contribution in [1.82, 2.24) is 0 Å². The van der Waals surface area contributed by atoms with Gasteiger partial charge in [0.1, 0.15) is 11.9 Å². The zero-order valence-corrected chi connectivity index (χ0v) is 9.67. The average molecular weight is 239 g/mol. The van der Waals surface area contributed by atoms with Gasteiger partial charge in [0.2, 0.25) is 5.91 Å². The lowest BCUT2D eigenvalue weighted by molar-refractivity contribution is -0.131. The molecular weight excluding hydrogens is 222 g/mol. The Morgan fingerprint density at radius 2 is 2.18 bits per heavy atom. The summed E-state index contributed by atoms with van der Waals surface area (Å²) >= 11 is 0. The van der Waals surface area contributed by atoms with E-state index in [4.69, 9.17) is 10.5 Å².